The smallest absolute Gasteiger partial charge is 0.308 e. The third kappa shape index (κ3) is 3.77. The average molecular weight is 447 g/mol. The maximum atomic E-state index is 12.1. The number of hydrogen-bond acceptors (Lipinski definition) is 4. The van der Waals surface area contributed by atoms with Gasteiger partial charge in [-0.25, -0.2) is 0 Å². The van der Waals surface area contributed by atoms with Gasteiger partial charge in [0.25, 0.3) is 0 Å². The van der Waals surface area contributed by atoms with E-state index in [4.69, 9.17) is 0 Å². The van der Waals surface area contributed by atoms with E-state index in [-0.39, 0.29) is 22.7 Å². The van der Waals surface area contributed by atoms with E-state index < -0.39 is 18.0 Å². The van der Waals surface area contributed by atoms with Gasteiger partial charge in [-0.2, -0.15) is 0 Å². The first-order valence-electron chi connectivity index (χ1n) is 12.8. The van der Waals surface area contributed by atoms with Gasteiger partial charge in [-0.15, -0.1) is 0 Å². The van der Waals surface area contributed by atoms with E-state index >= 15 is 0 Å². The van der Waals surface area contributed by atoms with Crippen LogP contribution in [0.1, 0.15) is 85.5 Å². The molecule has 3 fully saturated rings. The second-order valence-electron chi connectivity index (χ2n) is 12.1. The Morgan fingerprint density at radius 3 is 2.53 bits per heavy atom. The Hall–Kier alpha value is -1.20. The van der Waals surface area contributed by atoms with Crippen LogP contribution in [-0.4, -0.2) is 39.3 Å². The molecule has 0 bridgehead atoms. The molecule has 4 aliphatic rings. The number of hydrogen-bond donors (Lipinski definition) is 3. The lowest BCUT2D eigenvalue weighted by Gasteiger charge is -2.60. The summed E-state index contributed by atoms with van der Waals surface area (Å²) >= 11 is 0. The van der Waals surface area contributed by atoms with Gasteiger partial charge in [0.2, 0.25) is 0 Å². The van der Waals surface area contributed by atoms with Crippen molar-refractivity contribution in [2.75, 3.05) is 0 Å². The first kappa shape index (κ1) is 23.9. The molecule has 0 aromatic rings. The van der Waals surface area contributed by atoms with E-state index in [0.717, 1.165) is 38.5 Å². The Morgan fingerprint density at radius 1 is 1.12 bits per heavy atom. The van der Waals surface area contributed by atoms with Gasteiger partial charge in [0.05, 0.1) is 18.1 Å². The number of carboxylic acid groups (broad SMARTS) is 1. The minimum atomic E-state index is -0.936. The number of rotatable bonds is 6. The molecule has 4 rings (SSSR count). The zero-order chi connectivity index (χ0) is 23.4. The largest absolute Gasteiger partial charge is 0.481 e. The highest BCUT2D eigenvalue weighted by atomic mass is 16.4. The second-order valence-corrected chi connectivity index (χ2v) is 12.1. The molecule has 5 heteroatoms. The standard InChI is InChI=1S/C27H42O5/c1-15(5-8-22(29)16(2)25(31)32)19-6-7-20-24-21(10-12-27(19,20)4)26(3)11-9-18(28)13-17(26)14-23(24)30/h13,15-16,19-24,29-30H,5-12,14H2,1-4H3,(H,31,32)/t15-,16-,19-,20+,21+,22+,23-,24+,26+,27-/m1/s1. The summed E-state index contributed by atoms with van der Waals surface area (Å²) in [6.45, 7) is 8.63. The van der Waals surface area contributed by atoms with Crippen LogP contribution in [0.25, 0.3) is 0 Å². The van der Waals surface area contributed by atoms with Crippen molar-refractivity contribution in [3.63, 3.8) is 0 Å². The molecule has 0 saturated heterocycles. The van der Waals surface area contributed by atoms with Gasteiger partial charge >= 0.3 is 5.97 Å². The lowest BCUT2D eigenvalue weighted by Crippen LogP contribution is -2.55. The Bertz CT molecular complexity index is 789. The van der Waals surface area contributed by atoms with Gasteiger partial charge in [-0.3, -0.25) is 9.59 Å². The number of aliphatic hydroxyl groups excluding tert-OH is 2. The highest BCUT2D eigenvalue weighted by Crippen LogP contribution is 2.67. The Kier molecular flexibility index (Phi) is 6.39. The van der Waals surface area contributed by atoms with Crippen molar-refractivity contribution in [3.05, 3.63) is 11.6 Å². The van der Waals surface area contributed by atoms with Crippen molar-refractivity contribution in [1.29, 1.82) is 0 Å². The maximum absolute atomic E-state index is 12.1. The van der Waals surface area contributed by atoms with Gasteiger partial charge in [0.1, 0.15) is 0 Å². The normalized spacial score (nSPS) is 44.0. The molecular formula is C27H42O5. The molecule has 10 atom stereocenters. The zero-order valence-electron chi connectivity index (χ0n) is 20.2. The predicted octanol–water partition coefficient (Wildman–Crippen LogP) is 4.60. The summed E-state index contributed by atoms with van der Waals surface area (Å²) < 4.78 is 0. The van der Waals surface area contributed by atoms with Crippen molar-refractivity contribution in [1.82, 2.24) is 0 Å². The molecule has 0 aliphatic heterocycles. The van der Waals surface area contributed by atoms with Gasteiger partial charge in [-0.1, -0.05) is 26.3 Å². The number of aliphatic carboxylic acids is 1. The molecule has 180 valence electrons. The topological polar surface area (TPSA) is 94.8 Å². The summed E-state index contributed by atoms with van der Waals surface area (Å²) in [6, 6.07) is 0. The highest BCUT2D eigenvalue weighted by Gasteiger charge is 2.61. The summed E-state index contributed by atoms with van der Waals surface area (Å²) in [5.74, 6) is 0.790. The third-order valence-corrected chi connectivity index (χ3v) is 10.6. The predicted molar refractivity (Wildman–Crippen MR) is 123 cm³/mol. The number of fused-ring (bicyclic) bond motifs is 5. The molecule has 0 aromatic carbocycles. The quantitative estimate of drug-likeness (QED) is 0.554. The highest BCUT2D eigenvalue weighted by molar-refractivity contribution is 5.91. The van der Waals surface area contributed by atoms with Crippen LogP contribution in [0.5, 0.6) is 0 Å². The minimum absolute atomic E-state index is 0.0555. The third-order valence-electron chi connectivity index (χ3n) is 10.6. The van der Waals surface area contributed by atoms with Crippen LogP contribution in [0.4, 0.5) is 0 Å². The SMILES string of the molecule is C[C@H](CC[C@H](O)[C@@H](C)C(=O)O)[C@H]1CC[C@H]2[C@@H]3[C@H](O)CC4=CC(=O)CC[C@]4(C)[C@H]3CC[C@]12C. The first-order valence-corrected chi connectivity index (χ1v) is 12.8. The first-order chi connectivity index (χ1) is 15.0. The second kappa shape index (κ2) is 8.54. The minimum Gasteiger partial charge on any atom is -0.481 e. The van der Waals surface area contributed by atoms with Crippen LogP contribution in [0, 0.1) is 46.3 Å². The monoisotopic (exact) mass is 446 g/mol. The van der Waals surface area contributed by atoms with Crippen molar-refractivity contribution in [3.8, 4) is 0 Å². The summed E-state index contributed by atoms with van der Waals surface area (Å²) in [5, 5.41) is 30.7. The summed E-state index contributed by atoms with van der Waals surface area (Å²) in [7, 11) is 0. The number of carbonyl (C=O) groups is 2. The van der Waals surface area contributed by atoms with E-state index in [1.165, 1.54) is 5.57 Å². The average Bonchev–Trinajstić information content (AvgIpc) is 3.09. The van der Waals surface area contributed by atoms with Gasteiger partial charge in [0.15, 0.2) is 5.78 Å². The molecule has 0 amide bonds. The maximum Gasteiger partial charge on any atom is 0.308 e. The molecule has 0 aromatic heterocycles. The van der Waals surface area contributed by atoms with Crippen LogP contribution < -0.4 is 0 Å². The van der Waals surface area contributed by atoms with Crippen molar-refractivity contribution in [2.24, 2.45) is 46.3 Å². The van der Waals surface area contributed by atoms with E-state index in [1.54, 1.807) is 6.92 Å². The van der Waals surface area contributed by atoms with Gasteiger partial charge in [-0.05, 0) is 105 Å². The van der Waals surface area contributed by atoms with Crippen LogP contribution in [0.15, 0.2) is 11.6 Å². The molecule has 3 N–H and O–H groups in total. The van der Waals surface area contributed by atoms with Crippen molar-refractivity contribution < 1.29 is 24.9 Å². The number of carboxylic acids is 1. The Morgan fingerprint density at radius 2 is 1.84 bits per heavy atom. The Balaban J connectivity index is 1.49. The molecule has 3 saturated carbocycles. The van der Waals surface area contributed by atoms with Crippen LogP contribution in [0.3, 0.4) is 0 Å². The zero-order valence-corrected chi connectivity index (χ0v) is 20.2. The fourth-order valence-electron chi connectivity index (χ4n) is 8.55. The summed E-state index contributed by atoms with van der Waals surface area (Å²) in [6.07, 6.45) is 8.84. The van der Waals surface area contributed by atoms with E-state index in [1.807, 2.05) is 6.08 Å². The molecule has 32 heavy (non-hydrogen) atoms. The van der Waals surface area contributed by atoms with Gasteiger partial charge < -0.3 is 15.3 Å². The Labute approximate surface area is 192 Å². The van der Waals surface area contributed by atoms with Crippen molar-refractivity contribution in [2.45, 2.75) is 97.7 Å². The molecular weight excluding hydrogens is 404 g/mol. The van der Waals surface area contributed by atoms with E-state index in [0.29, 0.717) is 48.9 Å². The molecule has 4 aliphatic carbocycles. The molecule has 0 unspecified atom stereocenters. The molecule has 0 radical (unpaired) electrons. The summed E-state index contributed by atoms with van der Waals surface area (Å²) in [5.41, 5.74) is 1.43. The summed E-state index contributed by atoms with van der Waals surface area (Å²) in [4.78, 5) is 23.2. The van der Waals surface area contributed by atoms with Crippen LogP contribution in [-0.2, 0) is 9.59 Å². The molecule has 5 nitrogen and oxygen atoms in total. The molecule has 0 spiro atoms. The fourth-order valence-corrected chi connectivity index (χ4v) is 8.55. The van der Waals surface area contributed by atoms with Gasteiger partial charge in [0, 0.05) is 6.42 Å². The fraction of sp³-hybridized carbons (Fsp3) is 0.852. The lowest BCUT2D eigenvalue weighted by molar-refractivity contribution is -0.145. The van der Waals surface area contributed by atoms with E-state index in [9.17, 15) is 24.9 Å². The lowest BCUT2D eigenvalue weighted by atomic mass is 9.45. The van der Waals surface area contributed by atoms with E-state index in [2.05, 4.69) is 20.8 Å². The van der Waals surface area contributed by atoms with Crippen molar-refractivity contribution >= 4 is 11.8 Å². The molecule has 0 heterocycles. The van der Waals surface area contributed by atoms with Crippen LogP contribution in [0.2, 0.25) is 0 Å². The number of ketones is 1. The number of aliphatic hydroxyl groups is 2. The van der Waals surface area contributed by atoms with Crippen LogP contribution >= 0.6 is 0 Å². The number of carbonyl (C=O) groups excluding carboxylic acids is 1.